The van der Waals surface area contributed by atoms with E-state index in [1.165, 1.54) is 0 Å². The second-order valence-corrected chi connectivity index (χ2v) is 3.33. The summed E-state index contributed by atoms with van der Waals surface area (Å²) >= 11 is 3.94. The van der Waals surface area contributed by atoms with Gasteiger partial charge in [-0.3, -0.25) is 0 Å². The van der Waals surface area contributed by atoms with Gasteiger partial charge < -0.3 is 36.1 Å². The van der Waals surface area contributed by atoms with Crippen molar-refractivity contribution in [1.82, 2.24) is 5.32 Å². The molecule has 0 aromatic carbocycles. The van der Waals surface area contributed by atoms with Crippen LogP contribution in [0.2, 0.25) is 0 Å². The molecule has 0 aliphatic carbocycles. The molecule has 0 radical (unpaired) electrons. The molecule has 0 aromatic rings. The molecule has 0 saturated carbocycles. The minimum absolute atomic E-state index is 0.356. The first kappa shape index (κ1) is 34.3. The second-order valence-electron chi connectivity index (χ2n) is 3.00. The van der Waals surface area contributed by atoms with Gasteiger partial charge in [0.2, 0.25) is 0 Å². The quantitative estimate of drug-likeness (QED) is 0.528. The number of carbonyl (C=O) groups is 3. The average molecular weight is 400 g/mol. The van der Waals surface area contributed by atoms with Gasteiger partial charge in [0, 0.05) is 20.8 Å². The fraction of sp³-hybridized carbons (Fsp3) is 0.750. The number of hydrogen-bond acceptors (Lipinski definition) is 6. The SMILES string of the molecule is CCNC(=O)O.CCOC(N)=O.CCOC(N)=O.COC.FC(F)Cl. The summed E-state index contributed by atoms with van der Waals surface area (Å²) in [6, 6.07) is 0. The molecule has 0 aromatic heterocycles. The summed E-state index contributed by atoms with van der Waals surface area (Å²) in [6.07, 6.45) is -2.38. The number of carboxylic acid groups (broad SMARTS) is 1. The van der Waals surface area contributed by atoms with E-state index >= 15 is 0 Å². The van der Waals surface area contributed by atoms with Gasteiger partial charge in [0.1, 0.15) is 0 Å². The molecule has 0 aliphatic rings. The molecular weight excluding hydrogens is 372 g/mol. The normalized spacial score (nSPS) is 7.56. The van der Waals surface area contributed by atoms with E-state index in [-0.39, 0.29) is 0 Å². The molecular formula is C12H28ClF2N3O7. The minimum atomic E-state index is -2.69. The third kappa shape index (κ3) is 182. The summed E-state index contributed by atoms with van der Waals surface area (Å²) < 4.78 is 32.8. The summed E-state index contributed by atoms with van der Waals surface area (Å²) in [5.74, 6) is -2.69. The number of amides is 3. The molecule has 0 rings (SSSR count). The zero-order chi connectivity index (χ0) is 21.3. The Balaban J connectivity index is -0.0000000682. The van der Waals surface area contributed by atoms with Gasteiger partial charge in [-0.1, -0.05) is 11.6 Å². The standard InChI is InChI=1S/3C3H7NO2.C2H6O.CHClF2/c2*1-2-6-3(4)5;1-2-4-3(5)6;1-3-2;2-1(3)4/h2*2H2,1H3,(H2,4,5);4H,2H2,1H3,(H,5,6);1-2H3;1H. The van der Waals surface area contributed by atoms with E-state index in [9.17, 15) is 23.2 Å². The maximum absolute atomic E-state index is 10.1. The Morgan fingerprint density at radius 1 is 1.04 bits per heavy atom. The van der Waals surface area contributed by atoms with Crippen molar-refractivity contribution < 1.29 is 42.5 Å². The molecule has 0 saturated heterocycles. The van der Waals surface area contributed by atoms with Crippen LogP contribution >= 0.6 is 11.6 Å². The molecule has 25 heavy (non-hydrogen) atoms. The molecule has 0 atom stereocenters. The van der Waals surface area contributed by atoms with Gasteiger partial charge in [0.05, 0.1) is 13.2 Å². The predicted molar refractivity (Wildman–Crippen MR) is 88.9 cm³/mol. The molecule has 13 heteroatoms. The van der Waals surface area contributed by atoms with Gasteiger partial charge in [-0.15, -0.1) is 0 Å². The van der Waals surface area contributed by atoms with E-state index < -0.39 is 24.2 Å². The number of halogens is 3. The van der Waals surface area contributed by atoms with E-state index in [4.69, 9.17) is 5.11 Å². The van der Waals surface area contributed by atoms with Crippen molar-refractivity contribution >= 4 is 29.9 Å². The Morgan fingerprint density at radius 3 is 1.28 bits per heavy atom. The van der Waals surface area contributed by atoms with Crippen molar-refractivity contribution in [1.29, 1.82) is 0 Å². The number of primary amides is 2. The van der Waals surface area contributed by atoms with Crippen molar-refractivity contribution in [3.8, 4) is 0 Å². The third-order valence-corrected chi connectivity index (χ3v) is 0.901. The fourth-order valence-corrected chi connectivity index (χ4v) is 0.436. The molecule has 0 unspecified atom stereocenters. The summed E-state index contributed by atoms with van der Waals surface area (Å²) in [5.41, 5.74) is 9.08. The number of nitrogens with one attached hydrogen (secondary N) is 1. The van der Waals surface area contributed by atoms with Crippen molar-refractivity contribution in [2.45, 2.75) is 26.7 Å². The predicted octanol–water partition coefficient (Wildman–Crippen LogP) is 2.19. The van der Waals surface area contributed by atoms with E-state index in [0.29, 0.717) is 19.8 Å². The van der Waals surface area contributed by atoms with E-state index in [2.05, 4.69) is 42.6 Å². The Hall–Kier alpha value is -2.08. The van der Waals surface area contributed by atoms with Crippen LogP contribution in [0.25, 0.3) is 0 Å². The highest BCUT2D eigenvalue weighted by molar-refractivity contribution is 6.18. The number of methoxy groups -OCH3 is 1. The second kappa shape index (κ2) is 33.5. The molecule has 6 N–H and O–H groups in total. The van der Waals surface area contributed by atoms with Crippen LogP contribution in [0.1, 0.15) is 20.8 Å². The molecule has 0 heterocycles. The lowest BCUT2D eigenvalue weighted by Crippen LogP contribution is -2.19. The highest BCUT2D eigenvalue weighted by Crippen LogP contribution is 1.93. The molecule has 0 fully saturated rings. The number of nitrogens with two attached hydrogens (primary N) is 2. The first-order valence-corrected chi connectivity index (χ1v) is 7.03. The van der Waals surface area contributed by atoms with Crippen molar-refractivity contribution in [2.24, 2.45) is 11.5 Å². The minimum Gasteiger partial charge on any atom is -0.465 e. The number of alkyl halides is 3. The van der Waals surface area contributed by atoms with Gasteiger partial charge in [0.25, 0.3) is 0 Å². The van der Waals surface area contributed by atoms with Crippen LogP contribution in [0.15, 0.2) is 0 Å². The number of carbonyl (C=O) groups excluding carboxylic acids is 2. The van der Waals surface area contributed by atoms with E-state index in [1.54, 1.807) is 35.0 Å². The van der Waals surface area contributed by atoms with Crippen LogP contribution in [0, 0.1) is 0 Å². The van der Waals surface area contributed by atoms with Crippen LogP contribution < -0.4 is 16.8 Å². The highest BCUT2D eigenvalue weighted by atomic mass is 35.5. The summed E-state index contributed by atoms with van der Waals surface area (Å²) in [5, 5.41) is 9.93. The summed E-state index contributed by atoms with van der Waals surface area (Å²) in [7, 11) is 3.25. The lowest BCUT2D eigenvalue weighted by atomic mass is 10.8. The van der Waals surface area contributed by atoms with E-state index in [0.717, 1.165) is 0 Å². The Kier molecular flexibility index (Phi) is 46.0. The molecule has 0 spiro atoms. The lowest BCUT2D eigenvalue weighted by Gasteiger charge is -1.89. The summed E-state index contributed by atoms with van der Waals surface area (Å²) in [6.45, 7) is 6.32. The van der Waals surface area contributed by atoms with Crippen LogP contribution in [0.4, 0.5) is 23.2 Å². The van der Waals surface area contributed by atoms with Gasteiger partial charge in [-0.2, -0.15) is 8.78 Å². The Morgan fingerprint density at radius 2 is 1.28 bits per heavy atom. The Bertz CT molecular complexity index is 261. The highest BCUT2D eigenvalue weighted by Gasteiger charge is 1.84. The van der Waals surface area contributed by atoms with Crippen LogP contribution in [-0.2, 0) is 14.2 Å². The van der Waals surface area contributed by atoms with E-state index in [1.807, 2.05) is 0 Å². The zero-order valence-electron chi connectivity index (χ0n) is 14.9. The summed E-state index contributed by atoms with van der Waals surface area (Å²) in [4.78, 5) is 28.7. The van der Waals surface area contributed by atoms with Crippen LogP contribution in [0.5, 0.6) is 0 Å². The lowest BCUT2D eigenvalue weighted by molar-refractivity contribution is 0.162. The van der Waals surface area contributed by atoms with Gasteiger partial charge in [0.15, 0.2) is 0 Å². The number of rotatable bonds is 3. The molecule has 154 valence electrons. The maximum Gasteiger partial charge on any atom is 0.404 e. The van der Waals surface area contributed by atoms with Gasteiger partial charge in [-0.05, 0) is 20.8 Å². The van der Waals surface area contributed by atoms with Gasteiger partial charge in [-0.25, -0.2) is 14.4 Å². The third-order valence-electron chi connectivity index (χ3n) is 0.901. The number of hydrogen-bond donors (Lipinski definition) is 4. The Labute approximate surface area is 150 Å². The maximum atomic E-state index is 10.1. The molecule has 3 amide bonds. The molecule has 0 bridgehead atoms. The average Bonchev–Trinajstić information content (AvgIpc) is 2.39. The van der Waals surface area contributed by atoms with Crippen molar-refractivity contribution in [2.75, 3.05) is 34.0 Å². The molecule has 10 nitrogen and oxygen atoms in total. The fourth-order valence-electron chi connectivity index (χ4n) is 0.436. The monoisotopic (exact) mass is 399 g/mol. The first-order chi connectivity index (χ1) is 11.5. The van der Waals surface area contributed by atoms with Crippen LogP contribution in [0.3, 0.4) is 0 Å². The topological polar surface area (TPSA) is 163 Å². The van der Waals surface area contributed by atoms with Gasteiger partial charge >= 0.3 is 24.2 Å². The smallest absolute Gasteiger partial charge is 0.404 e. The largest absolute Gasteiger partial charge is 0.465 e. The van der Waals surface area contributed by atoms with Crippen LogP contribution in [-0.4, -0.2) is 63.2 Å². The van der Waals surface area contributed by atoms with Crippen molar-refractivity contribution in [3.05, 3.63) is 0 Å². The number of ether oxygens (including phenoxy) is 3. The zero-order valence-corrected chi connectivity index (χ0v) is 15.6. The van der Waals surface area contributed by atoms with Crippen molar-refractivity contribution in [3.63, 3.8) is 0 Å². The molecule has 0 aliphatic heterocycles. The first-order valence-electron chi connectivity index (χ1n) is 6.59.